The van der Waals surface area contributed by atoms with E-state index in [9.17, 15) is 0 Å². The normalized spacial score (nSPS) is 14.7. The maximum Gasteiger partial charge on any atom is 0.251 e. The first kappa shape index (κ1) is 94.2. The van der Waals surface area contributed by atoms with Gasteiger partial charge in [0.2, 0.25) is 11.8 Å². The Hall–Kier alpha value is -21.4. The first-order valence-corrected chi connectivity index (χ1v) is 30.5. The van der Waals surface area contributed by atoms with Crippen LogP contribution in [0.25, 0.3) is 33.6 Å². The molecular weight excluding hydrogens is 1690 g/mol. The van der Waals surface area contributed by atoms with Crippen LogP contribution in [0.5, 0.6) is 0 Å². The van der Waals surface area contributed by atoms with Crippen molar-refractivity contribution in [2.45, 2.75) is 33.2 Å². The van der Waals surface area contributed by atoms with E-state index in [1.165, 1.54) is 11.1 Å². The van der Waals surface area contributed by atoms with Gasteiger partial charge in [0.1, 0.15) is 0 Å². The van der Waals surface area contributed by atoms with Crippen LogP contribution in [0, 0.1) is 19.4 Å². The van der Waals surface area contributed by atoms with Crippen LogP contribution >= 0.6 is 0 Å². The number of para-hydroxylation sites is 1. The number of hydrogen-bond donors (Lipinski definition) is 4. The van der Waals surface area contributed by atoms with Crippen molar-refractivity contribution in [3.05, 3.63) is 59.7 Å². The number of rotatable bonds is 49. The lowest BCUT2D eigenvalue weighted by molar-refractivity contribution is 0.416. The maximum absolute atomic E-state index is 6.51. The third-order valence-corrected chi connectivity index (χ3v) is 10.8. The number of nitrogens with one attached hydrogen (secondary N) is 2. The summed E-state index contributed by atoms with van der Waals surface area (Å²) >= 11 is 0. The summed E-state index contributed by atoms with van der Waals surface area (Å²) in [5.74, 6) is 6.00. The number of aromatic nitrogens is 5. The van der Waals surface area contributed by atoms with Crippen molar-refractivity contribution < 1.29 is 4.42 Å². The Morgan fingerprint density at radius 2 is 0.712 bits per heavy atom. The van der Waals surface area contributed by atoms with Gasteiger partial charge in [-0.25, -0.2) is 9.97 Å². The average molecular weight is 1730 g/mol. The van der Waals surface area contributed by atoms with Crippen LogP contribution in [0.3, 0.4) is 0 Å². The van der Waals surface area contributed by atoms with E-state index < -0.39 is 0 Å². The van der Waals surface area contributed by atoms with Gasteiger partial charge < -0.3 is 35.7 Å². The van der Waals surface area contributed by atoms with Crippen LogP contribution in [-0.2, 0) is 13.0 Å². The highest BCUT2D eigenvalue weighted by Gasteiger charge is 2.23. The summed E-state index contributed by atoms with van der Waals surface area (Å²) in [6.45, 7) is 6.64. The van der Waals surface area contributed by atoms with E-state index in [1.807, 2.05) is 6.07 Å². The highest BCUT2D eigenvalue weighted by Crippen LogP contribution is 2.40. The lowest BCUT2D eigenvalue weighted by Crippen LogP contribution is -2.29. The molecule has 0 aliphatic carbocycles. The topological polar surface area (TPSA) is 1190 Å². The SMILES string of the molecule is Cc1nnc(-c2cnc(Nc3cc(N)c(N(C)CCN(C)C)cc3C)nc2-c2cn3c4c(cccc24)CCC3)o1.N=N/N=N/N=N/N=N/N=N/N=N/N=N/N=N/N=N/N=N/N=N/N=N/N=N/N=N/N=N/N=N/N=N/N=N/N=N/N=N/N=N/N=N/N=N/N=N/N=N/N=N/N=N/N=N/N=N/N=N/N=N/N=N/N=N/N=N/N=N/N=N/N=N/N=N/N=N/N=N/N=N/N=N/N. The molecule has 2 aromatic carbocycles. The van der Waals surface area contributed by atoms with Crippen LogP contribution in [0.1, 0.15) is 23.4 Å². The quantitative estimate of drug-likeness (QED) is 0.0123. The first-order chi connectivity index (χ1) is 61.7. The minimum atomic E-state index is 0.400. The third kappa shape index (κ3) is 45.2. The van der Waals surface area contributed by atoms with E-state index in [1.54, 1.807) is 13.1 Å². The molecule has 6 rings (SSSR count). The predicted molar refractivity (Wildman–Crippen MR) is 368 cm³/mol. The van der Waals surface area contributed by atoms with Crippen molar-refractivity contribution in [1.82, 2.24) is 29.6 Å². The Balaban J connectivity index is 0.000000565. The van der Waals surface area contributed by atoms with Crippen LogP contribution in [0.15, 0.2) is 481 Å². The lowest BCUT2D eigenvalue weighted by Gasteiger charge is -2.24. The number of benzene rings is 2. The van der Waals surface area contributed by atoms with Crippen LogP contribution in [-0.4, -0.2) is 63.9 Å². The first-order valence-electron chi connectivity index (χ1n) is 30.5. The van der Waals surface area contributed by atoms with Crippen molar-refractivity contribution >= 4 is 33.9 Å². The van der Waals surface area contributed by atoms with Gasteiger partial charge >= 0.3 is 0 Å². The third-order valence-electron chi connectivity index (χ3n) is 10.8. The average Bonchev–Trinajstić information content (AvgIpc) is 1.69. The van der Waals surface area contributed by atoms with Crippen LogP contribution < -0.4 is 21.8 Å². The Bertz CT molecular complexity index is 5450. The molecular formula is C30H38N94O. The number of aryl methyl sites for hydroxylation is 4. The summed E-state index contributed by atoms with van der Waals surface area (Å²) in [7, 11) is 6.20. The summed E-state index contributed by atoms with van der Waals surface area (Å²) in [5, 5.41) is 260. The fourth-order valence-corrected chi connectivity index (χ4v) is 6.88. The van der Waals surface area contributed by atoms with Gasteiger partial charge in [-0.3, -0.25) is 0 Å². The molecule has 125 heavy (non-hydrogen) atoms. The smallest absolute Gasteiger partial charge is 0.251 e. The summed E-state index contributed by atoms with van der Waals surface area (Å²) in [4.78, 5) is 14.0. The number of nitrogen functional groups attached to an aromatic ring is 1. The molecule has 4 heterocycles. The molecule has 0 unspecified atom stereocenters. The van der Waals surface area contributed by atoms with E-state index in [2.05, 4.69) is 533 Å². The molecule has 0 saturated carbocycles. The number of nitrogens with two attached hydrogens (primary N) is 2. The van der Waals surface area contributed by atoms with E-state index in [4.69, 9.17) is 20.7 Å². The zero-order valence-electron chi connectivity index (χ0n) is 61.9. The molecule has 0 radical (unpaired) electrons. The molecule has 0 atom stereocenters. The second kappa shape index (κ2) is 65.0. The van der Waals surface area contributed by atoms with Gasteiger partial charge in [-0.2, -0.15) is 5.53 Å². The molecule has 95 nitrogen and oxygen atoms in total. The van der Waals surface area contributed by atoms with Gasteiger partial charge in [-0.1, -0.05) is 23.4 Å². The van der Waals surface area contributed by atoms with Crippen LogP contribution in [0.2, 0.25) is 0 Å². The molecule has 634 valence electrons. The van der Waals surface area contributed by atoms with Crippen molar-refractivity contribution in [2.24, 2.45) is 439 Å². The molecule has 95 heteroatoms. The molecule has 0 bridgehead atoms. The van der Waals surface area contributed by atoms with Gasteiger partial charge in [0.25, 0.3) is 5.89 Å². The molecule has 0 amide bonds. The van der Waals surface area contributed by atoms with E-state index >= 15 is 0 Å². The lowest BCUT2D eigenvalue weighted by atomic mass is 10.0. The minimum absolute atomic E-state index is 0.400. The van der Waals surface area contributed by atoms with E-state index in [-0.39, 0.29) is 0 Å². The molecule has 0 spiro atoms. The van der Waals surface area contributed by atoms with Crippen LogP contribution in [0.4, 0.5) is 23.0 Å². The number of anilines is 4. The van der Waals surface area contributed by atoms with E-state index in [0.29, 0.717) is 29.0 Å². The maximum atomic E-state index is 6.51. The van der Waals surface area contributed by atoms with Crippen molar-refractivity contribution in [3.63, 3.8) is 0 Å². The van der Waals surface area contributed by atoms with Gasteiger partial charge in [0.15, 0.2) is 0 Å². The summed E-state index contributed by atoms with van der Waals surface area (Å²) in [6.07, 6.45) is 6.14. The monoisotopic (exact) mass is 1730 g/mol. The van der Waals surface area contributed by atoms with Crippen molar-refractivity contribution in [1.29, 1.82) is 5.53 Å². The molecule has 3 aromatic heterocycles. The zero-order chi connectivity index (χ0) is 88.7. The highest BCUT2D eigenvalue weighted by atomic mass is 16.4. The van der Waals surface area contributed by atoms with E-state index in [0.717, 1.165) is 66.1 Å². The Kier molecular flexibility index (Phi) is 49.0. The minimum Gasteiger partial charge on any atom is -0.421 e. The van der Waals surface area contributed by atoms with Gasteiger partial charge in [0.05, 0.1) is 28.1 Å². The Morgan fingerprint density at radius 3 is 1.00 bits per heavy atom. The molecule has 6 N–H and O–H groups in total. The summed E-state index contributed by atoms with van der Waals surface area (Å²) < 4.78 is 8.15. The van der Waals surface area contributed by atoms with Gasteiger partial charge in [0, 0.05) is 413 Å². The summed E-state index contributed by atoms with van der Waals surface area (Å²) in [5.41, 5.74) is 21.5. The zero-order valence-corrected chi connectivity index (χ0v) is 61.9. The number of hydrogen-bond acceptors (Lipinski definition) is 11. The molecule has 1 aliphatic rings. The second-order valence-corrected chi connectivity index (χ2v) is 18.3. The second-order valence-electron chi connectivity index (χ2n) is 18.3. The number of likely N-dealkylation sites (N-methyl/N-ethyl adjacent to an activating group) is 2. The molecule has 0 fully saturated rings. The Morgan fingerprint density at radius 1 is 0.400 bits per heavy atom. The summed E-state index contributed by atoms with van der Waals surface area (Å²) in [6, 6.07) is 10.6. The largest absolute Gasteiger partial charge is 0.421 e. The fraction of sp³-hybridized carbons (Fsp3) is 0.333. The molecule has 5 aromatic rings. The standard InChI is InChI=1S/C30H35N9O.H3N85/c1-18-14-26(38(5)13-12-37(3)4)24(31)15-25(18)33-30-32-16-22(29-36-35-19(2)40-29)27(34-30)23-17-39-11-7-9-20-8-6-10-21(23)28(20)39;1-3-5-7-9-11-13-15-17-19-21-23-25-27-29-31-33-35-37-39-41-43-45-47-49-51-53-55-57-59-61-63-65-67-69-71-73-75-77-79-81-83-85-84-82-80-78-76-74-72-70-68-66-64-62-60-58-56-54-52-50-48-46-44-42-40-38-36-34-32-30-28-26-24-22-20-18-16-14-12-10-8-6-4-2/h6,8,10,14-17H,7,9,11-13,31H2,1-5H3,(H,32,33,34);(H3,1,2,5,6,9,10,13,14,17,18,21,22,25,26,29,30,33,34,37,38,41,42,45,46,49,50,53,54,57,58,61,62,65,66,69,70,73,74,77,78,81,82,85). The molecule has 1 aliphatic heterocycles. The van der Waals surface area contributed by atoms with Crippen molar-refractivity contribution in [3.8, 4) is 22.7 Å². The highest BCUT2D eigenvalue weighted by molar-refractivity contribution is 6.00. The number of nitrogens with zero attached hydrogens (tertiary/aromatic N) is 90. The van der Waals surface area contributed by atoms with Gasteiger partial charge in [-0.15, -0.1) is 10.2 Å². The van der Waals surface area contributed by atoms with Crippen molar-refractivity contribution in [2.75, 3.05) is 50.2 Å². The fourth-order valence-electron chi connectivity index (χ4n) is 6.88. The van der Waals surface area contributed by atoms with Gasteiger partial charge in [-0.05, 0) is 135 Å². The molecule has 0 saturated heterocycles. The predicted octanol–water partition coefficient (Wildman–Crippen LogP) is 20.0. The Labute approximate surface area is 677 Å².